The fourth-order valence-corrected chi connectivity index (χ4v) is 4.57. The molecule has 0 N–H and O–H groups in total. The van der Waals surface area contributed by atoms with Crippen LogP contribution in [-0.4, -0.2) is 19.3 Å². The summed E-state index contributed by atoms with van der Waals surface area (Å²) in [5.41, 5.74) is 11.4. The Morgan fingerprint density at radius 3 is 2.22 bits per heavy atom. The molecule has 4 rings (SSSR count). The average Bonchev–Trinajstić information content (AvgIpc) is 3.37. The predicted octanol–water partition coefficient (Wildman–Crippen LogP) is 5.13. The molecule has 0 spiro atoms. The Morgan fingerprint density at radius 2 is 1.59 bits per heavy atom. The van der Waals surface area contributed by atoms with Gasteiger partial charge < -0.3 is 9.47 Å². The van der Waals surface area contributed by atoms with Crippen molar-refractivity contribution in [2.24, 2.45) is 22.4 Å². The molecule has 2 aliphatic carbocycles. The molecule has 2 aromatic rings. The molecule has 0 saturated heterocycles. The van der Waals surface area contributed by atoms with Gasteiger partial charge in [0.2, 0.25) is 0 Å². The van der Waals surface area contributed by atoms with Crippen LogP contribution in [0, 0.1) is 17.3 Å². The lowest BCUT2D eigenvalue weighted by molar-refractivity contribution is 0.0154. The first-order valence-corrected chi connectivity index (χ1v) is 9.59. The number of benzene rings is 2. The monoisotopic (exact) mass is 363 g/mol. The van der Waals surface area contributed by atoms with Gasteiger partial charge in [-0.2, -0.15) is 0 Å². The third-order valence-electron chi connectivity index (χ3n) is 6.09. The van der Waals surface area contributed by atoms with Crippen LogP contribution < -0.4 is 0 Å². The van der Waals surface area contributed by atoms with E-state index in [0.717, 1.165) is 12.8 Å². The SMILES string of the molecule is [N-]=[N+]=N[C@H]1C[C@H](COCc2ccccc2)[C@]2(COCc3ccccc3)C[C@H]12. The first kappa shape index (κ1) is 18.1. The zero-order valence-corrected chi connectivity index (χ0v) is 15.4. The number of nitrogens with zero attached hydrogens (tertiary/aromatic N) is 3. The van der Waals surface area contributed by atoms with Crippen molar-refractivity contribution in [1.29, 1.82) is 0 Å². The highest BCUT2D eigenvalue weighted by atomic mass is 16.5. The van der Waals surface area contributed by atoms with Gasteiger partial charge in [-0.25, -0.2) is 0 Å². The molecule has 2 aliphatic rings. The molecule has 0 heterocycles. The lowest BCUT2D eigenvalue weighted by Gasteiger charge is -2.23. The Labute approximate surface area is 159 Å². The van der Waals surface area contributed by atoms with E-state index in [2.05, 4.69) is 34.3 Å². The van der Waals surface area contributed by atoms with Crippen molar-refractivity contribution in [1.82, 2.24) is 0 Å². The smallest absolute Gasteiger partial charge is 0.0717 e. The highest BCUT2D eigenvalue weighted by Gasteiger charge is 2.66. The van der Waals surface area contributed by atoms with Crippen molar-refractivity contribution in [3.8, 4) is 0 Å². The zero-order valence-electron chi connectivity index (χ0n) is 15.4. The average molecular weight is 363 g/mol. The highest BCUT2D eigenvalue weighted by molar-refractivity contribution is 5.18. The van der Waals surface area contributed by atoms with E-state index in [4.69, 9.17) is 15.0 Å². The molecule has 0 aromatic heterocycles. The summed E-state index contributed by atoms with van der Waals surface area (Å²) in [7, 11) is 0. The first-order valence-electron chi connectivity index (χ1n) is 9.59. The minimum absolute atomic E-state index is 0.0839. The lowest BCUT2D eigenvalue weighted by Crippen LogP contribution is -2.24. The van der Waals surface area contributed by atoms with Gasteiger partial charge in [0, 0.05) is 16.4 Å². The molecular weight excluding hydrogens is 338 g/mol. The van der Waals surface area contributed by atoms with Crippen molar-refractivity contribution in [3.63, 3.8) is 0 Å². The van der Waals surface area contributed by atoms with Gasteiger partial charge in [-0.1, -0.05) is 65.8 Å². The molecule has 27 heavy (non-hydrogen) atoms. The number of fused-ring (bicyclic) bond motifs is 1. The highest BCUT2D eigenvalue weighted by Crippen LogP contribution is 2.67. The second-order valence-corrected chi connectivity index (χ2v) is 7.73. The fraction of sp³-hybridized carbons (Fsp3) is 0.455. The number of hydrogen-bond donors (Lipinski definition) is 0. The summed E-state index contributed by atoms with van der Waals surface area (Å²) in [6.07, 6.45) is 1.98. The summed E-state index contributed by atoms with van der Waals surface area (Å²) in [4.78, 5) is 3.06. The van der Waals surface area contributed by atoms with E-state index in [1.165, 1.54) is 11.1 Å². The van der Waals surface area contributed by atoms with Crippen LogP contribution in [0.5, 0.6) is 0 Å². The van der Waals surface area contributed by atoms with Gasteiger partial charge >= 0.3 is 0 Å². The van der Waals surface area contributed by atoms with Gasteiger partial charge in [0.25, 0.3) is 0 Å². The number of ether oxygens (including phenoxy) is 2. The van der Waals surface area contributed by atoms with Gasteiger partial charge in [-0.3, -0.25) is 0 Å². The largest absolute Gasteiger partial charge is 0.376 e. The Bertz CT molecular complexity index is 792. The maximum Gasteiger partial charge on any atom is 0.0717 e. The zero-order chi connectivity index (χ0) is 18.5. The second kappa shape index (κ2) is 8.13. The van der Waals surface area contributed by atoms with Gasteiger partial charge in [0.15, 0.2) is 0 Å². The Morgan fingerprint density at radius 1 is 0.963 bits per heavy atom. The minimum atomic E-state index is 0.0839. The fourth-order valence-electron chi connectivity index (χ4n) is 4.57. The summed E-state index contributed by atoms with van der Waals surface area (Å²) in [6.45, 7) is 2.65. The molecule has 5 nitrogen and oxygen atoms in total. The summed E-state index contributed by atoms with van der Waals surface area (Å²) in [5.74, 6) is 0.826. The van der Waals surface area contributed by atoms with Crippen molar-refractivity contribution in [3.05, 3.63) is 82.2 Å². The lowest BCUT2D eigenvalue weighted by atomic mass is 9.91. The molecular formula is C22H25N3O2. The van der Waals surface area contributed by atoms with E-state index in [0.29, 0.717) is 38.3 Å². The normalized spacial score (nSPS) is 28.4. The third kappa shape index (κ3) is 4.01. The Kier molecular flexibility index (Phi) is 5.44. The van der Waals surface area contributed by atoms with Gasteiger partial charge in [0.05, 0.1) is 26.4 Å². The van der Waals surface area contributed by atoms with E-state index in [1.54, 1.807) is 0 Å². The van der Waals surface area contributed by atoms with E-state index in [-0.39, 0.29) is 11.5 Å². The maximum atomic E-state index is 8.88. The molecule has 0 aliphatic heterocycles. The summed E-state index contributed by atoms with van der Waals surface area (Å²) in [5, 5.41) is 4.04. The molecule has 5 heteroatoms. The molecule has 2 fully saturated rings. The minimum Gasteiger partial charge on any atom is -0.376 e. The van der Waals surface area contributed by atoms with Crippen LogP contribution in [0.4, 0.5) is 0 Å². The maximum absolute atomic E-state index is 8.88. The number of hydrogen-bond acceptors (Lipinski definition) is 3. The van der Waals surface area contributed by atoms with Crippen molar-refractivity contribution >= 4 is 0 Å². The molecule has 4 atom stereocenters. The molecule has 0 bridgehead atoms. The Hall–Kier alpha value is -2.33. The van der Waals surface area contributed by atoms with E-state index in [1.807, 2.05) is 36.4 Å². The van der Waals surface area contributed by atoms with Crippen molar-refractivity contribution in [2.75, 3.05) is 13.2 Å². The standard InChI is InChI=1S/C22H25N3O2/c23-25-24-21-11-19(15-26-13-17-7-3-1-4-8-17)22(12-20(21)22)16-27-14-18-9-5-2-6-10-18/h1-10,19-21H,11-16H2/t19-,20-,21+,22-/m1/s1. The van der Waals surface area contributed by atoms with Crippen LogP contribution >= 0.6 is 0 Å². The summed E-state index contributed by atoms with van der Waals surface area (Å²) in [6, 6.07) is 20.6. The third-order valence-corrected chi connectivity index (χ3v) is 6.09. The first-order chi connectivity index (χ1) is 13.3. The number of rotatable bonds is 9. The molecule has 140 valence electrons. The number of azide groups is 1. The molecule has 2 saturated carbocycles. The predicted molar refractivity (Wildman–Crippen MR) is 104 cm³/mol. The molecule has 0 radical (unpaired) electrons. The molecule has 0 unspecified atom stereocenters. The van der Waals surface area contributed by atoms with Gasteiger partial charge in [0.1, 0.15) is 0 Å². The summed E-state index contributed by atoms with van der Waals surface area (Å²) >= 11 is 0. The topological polar surface area (TPSA) is 67.2 Å². The van der Waals surface area contributed by atoms with Crippen LogP contribution in [0.2, 0.25) is 0 Å². The van der Waals surface area contributed by atoms with Crippen LogP contribution in [0.15, 0.2) is 65.8 Å². The Balaban J connectivity index is 1.34. The summed E-state index contributed by atoms with van der Waals surface area (Å²) < 4.78 is 12.1. The van der Waals surface area contributed by atoms with Crippen LogP contribution in [0.25, 0.3) is 10.4 Å². The van der Waals surface area contributed by atoms with Gasteiger partial charge in [-0.05, 0) is 41.3 Å². The van der Waals surface area contributed by atoms with E-state index >= 15 is 0 Å². The van der Waals surface area contributed by atoms with E-state index < -0.39 is 0 Å². The van der Waals surface area contributed by atoms with Crippen LogP contribution in [-0.2, 0) is 22.7 Å². The molecule has 0 amide bonds. The molecule has 2 aromatic carbocycles. The second-order valence-electron chi connectivity index (χ2n) is 7.73. The van der Waals surface area contributed by atoms with Crippen molar-refractivity contribution < 1.29 is 9.47 Å². The van der Waals surface area contributed by atoms with Gasteiger partial charge in [-0.15, -0.1) is 0 Å². The van der Waals surface area contributed by atoms with E-state index in [9.17, 15) is 0 Å². The quantitative estimate of drug-likeness (QED) is 0.352. The van der Waals surface area contributed by atoms with Crippen LogP contribution in [0.1, 0.15) is 24.0 Å². The van der Waals surface area contributed by atoms with Crippen molar-refractivity contribution in [2.45, 2.75) is 32.1 Å². The van der Waals surface area contributed by atoms with Crippen LogP contribution in [0.3, 0.4) is 0 Å².